The second-order valence-corrected chi connectivity index (χ2v) is 5.20. The molecule has 0 aromatic carbocycles. The summed E-state index contributed by atoms with van der Waals surface area (Å²) in [5.41, 5.74) is 4.25. The Kier molecular flexibility index (Phi) is 2.48. The highest BCUT2D eigenvalue weighted by Crippen LogP contribution is 2.56. The summed E-state index contributed by atoms with van der Waals surface area (Å²) < 4.78 is 2.05. The minimum Gasteiger partial charge on any atom is -0.271 e. The molecule has 3 unspecified atom stereocenters. The molecule has 0 spiro atoms. The number of nitrogens with one attached hydrogen (secondary N) is 1. The fourth-order valence-electron chi connectivity index (χ4n) is 3.37. The van der Waals surface area contributed by atoms with E-state index in [0.29, 0.717) is 5.92 Å². The molecule has 0 bridgehead atoms. The van der Waals surface area contributed by atoms with E-state index in [0.717, 1.165) is 18.4 Å². The van der Waals surface area contributed by atoms with Crippen LogP contribution in [0.15, 0.2) is 12.3 Å². The zero-order valence-corrected chi connectivity index (χ0v) is 9.76. The van der Waals surface area contributed by atoms with Crippen molar-refractivity contribution in [1.29, 1.82) is 0 Å². The molecule has 2 aliphatic rings. The first-order valence-electron chi connectivity index (χ1n) is 6.31. The molecule has 16 heavy (non-hydrogen) atoms. The Morgan fingerprint density at radius 3 is 2.88 bits per heavy atom. The number of nitrogens with two attached hydrogens (primary N) is 1. The smallest absolute Gasteiger partial charge is 0.0657 e. The van der Waals surface area contributed by atoms with E-state index >= 15 is 0 Å². The Bertz CT molecular complexity index is 363. The minimum absolute atomic E-state index is 0.287. The predicted octanol–water partition coefficient (Wildman–Crippen LogP) is 1.45. The van der Waals surface area contributed by atoms with Gasteiger partial charge in [0.1, 0.15) is 0 Å². The van der Waals surface area contributed by atoms with E-state index in [1.54, 1.807) is 0 Å². The highest BCUT2D eigenvalue weighted by Gasteiger charge is 2.48. The zero-order chi connectivity index (χ0) is 11.1. The highest BCUT2D eigenvalue weighted by molar-refractivity contribution is 5.11. The van der Waals surface area contributed by atoms with Gasteiger partial charge >= 0.3 is 0 Å². The first-order valence-corrected chi connectivity index (χ1v) is 6.31. The maximum Gasteiger partial charge on any atom is 0.0657 e. The molecule has 0 saturated heterocycles. The Labute approximate surface area is 96.2 Å². The molecule has 1 aromatic heterocycles. The van der Waals surface area contributed by atoms with Crippen molar-refractivity contribution in [2.75, 3.05) is 0 Å². The fraction of sp³-hybridized carbons (Fsp3) is 0.750. The summed E-state index contributed by atoms with van der Waals surface area (Å²) in [6.07, 6.45) is 6.02. The Morgan fingerprint density at radius 1 is 1.50 bits per heavy atom. The van der Waals surface area contributed by atoms with Gasteiger partial charge in [0.15, 0.2) is 0 Å². The van der Waals surface area contributed by atoms with E-state index in [-0.39, 0.29) is 6.04 Å². The van der Waals surface area contributed by atoms with Gasteiger partial charge in [0, 0.05) is 12.7 Å². The molecule has 2 saturated carbocycles. The lowest BCUT2D eigenvalue weighted by Gasteiger charge is -2.24. The number of hydrogen-bond donors (Lipinski definition) is 2. The second-order valence-electron chi connectivity index (χ2n) is 5.20. The van der Waals surface area contributed by atoms with Gasteiger partial charge < -0.3 is 0 Å². The average molecular weight is 220 g/mol. The number of fused-ring (bicyclic) bond motifs is 1. The first kappa shape index (κ1) is 10.3. The standard InChI is InChI=1S/C12H20N4/c1-2-16-11(3-4-14-16)12(15-13)10-6-8-5-9(8)7-10/h3-4,8-10,12,15H,2,5-7,13H2,1H3. The minimum atomic E-state index is 0.287. The summed E-state index contributed by atoms with van der Waals surface area (Å²) in [6, 6.07) is 2.38. The molecular formula is C12H20N4. The number of aromatic nitrogens is 2. The lowest BCUT2D eigenvalue weighted by atomic mass is 9.92. The van der Waals surface area contributed by atoms with Crippen molar-refractivity contribution in [2.45, 2.75) is 38.8 Å². The van der Waals surface area contributed by atoms with Crippen LogP contribution < -0.4 is 11.3 Å². The summed E-state index contributed by atoms with van der Waals surface area (Å²) in [4.78, 5) is 0. The van der Waals surface area contributed by atoms with Crippen LogP contribution in [-0.2, 0) is 6.54 Å². The maximum absolute atomic E-state index is 5.74. The maximum atomic E-state index is 5.74. The van der Waals surface area contributed by atoms with Gasteiger partial charge in [-0.15, -0.1) is 0 Å². The van der Waals surface area contributed by atoms with E-state index in [1.165, 1.54) is 25.0 Å². The van der Waals surface area contributed by atoms with Gasteiger partial charge in [-0.1, -0.05) is 0 Å². The van der Waals surface area contributed by atoms with E-state index < -0.39 is 0 Å². The van der Waals surface area contributed by atoms with Gasteiger partial charge in [0.2, 0.25) is 0 Å². The third kappa shape index (κ3) is 1.57. The van der Waals surface area contributed by atoms with Crippen molar-refractivity contribution in [3.8, 4) is 0 Å². The molecule has 0 radical (unpaired) electrons. The van der Waals surface area contributed by atoms with Gasteiger partial charge in [-0.05, 0) is 50.0 Å². The third-order valence-electron chi connectivity index (χ3n) is 4.30. The summed E-state index contributed by atoms with van der Waals surface area (Å²) in [6.45, 7) is 3.04. The van der Waals surface area contributed by atoms with Gasteiger partial charge in [-0.3, -0.25) is 16.0 Å². The largest absolute Gasteiger partial charge is 0.271 e. The van der Waals surface area contributed by atoms with Crippen LogP contribution in [0.4, 0.5) is 0 Å². The number of aryl methyl sites for hydroxylation is 1. The van der Waals surface area contributed by atoms with Crippen molar-refractivity contribution in [2.24, 2.45) is 23.6 Å². The monoisotopic (exact) mass is 220 g/mol. The van der Waals surface area contributed by atoms with E-state index in [2.05, 4.69) is 28.2 Å². The topological polar surface area (TPSA) is 55.9 Å². The second kappa shape index (κ2) is 3.86. The molecule has 4 heteroatoms. The third-order valence-corrected chi connectivity index (χ3v) is 4.30. The Morgan fingerprint density at radius 2 is 2.25 bits per heavy atom. The molecule has 4 nitrogen and oxygen atoms in total. The van der Waals surface area contributed by atoms with Crippen LogP contribution in [-0.4, -0.2) is 9.78 Å². The Balaban J connectivity index is 1.79. The van der Waals surface area contributed by atoms with Gasteiger partial charge in [-0.25, -0.2) is 0 Å². The molecule has 88 valence electrons. The number of nitrogens with zero attached hydrogens (tertiary/aromatic N) is 2. The molecule has 3 N–H and O–H groups in total. The van der Waals surface area contributed by atoms with Crippen molar-refractivity contribution in [3.05, 3.63) is 18.0 Å². The van der Waals surface area contributed by atoms with Crippen LogP contribution >= 0.6 is 0 Å². The van der Waals surface area contributed by atoms with Crippen LogP contribution in [0.25, 0.3) is 0 Å². The first-order chi connectivity index (χ1) is 7.83. The molecule has 0 amide bonds. The molecule has 2 aliphatic carbocycles. The quantitative estimate of drug-likeness (QED) is 0.596. The van der Waals surface area contributed by atoms with Crippen molar-refractivity contribution >= 4 is 0 Å². The van der Waals surface area contributed by atoms with Crippen LogP contribution in [0.3, 0.4) is 0 Å². The van der Waals surface area contributed by atoms with Crippen molar-refractivity contribution in [1.82, 2.24) is 15.2 Å². The van der Waals surface area contributed by atoms with Crippen LogP contribution in [0.5, 0.6) is 0 Å². The normalized spacial score (nSPS) is 33.8. The predicted molar refractivity (Wildman–Crippen MR) is 62.3 cm³/mol. The van der Waals surface area contributed by atoms with Crippen molar-refractivity contribution in [3.63, 3.8) is 0 Å². The molecule has 1 heterocycles. The average Bonchev–Trinajstić information content (AvgIpc) is 2.76. The molecule has 0 aliphatic heterocycles. The molecule has 2 fully saturated rings. The van der Waals surface area contributed by atoms with E-state index in [9.17, 15) is 0 Å². The summed E-state index contributed by atoms with van der Waals surface area (Å²) in [7, 11) is 0. The van der Waals surface area contributed by atoms with Gasteiger partial charge in [0.25, 0.3) is 0 Å². The lowest BCUT2D eigenvalue weighted by Crippen LogP contribution is -2.34. The molecule has 3 rings (SSSR count). The highest BCUT2D eigenvalue weighted by atomic mass is 15.3. The number of hydrogen-bond acceptors (Lipinski definition) is 3. The molecular weight excluding hydrogens is 200 g/mol. The summed E-state index contributed by atoms with van der Waals surface area (Å²) >= 11 is 0. The zero-order valence-electron chi connectivity index (χ0n) is 9.76. The Hall–Kier alpha value is -0.870. The fourth-order valence-corrected chi connectivity index (χ4v) is 3.37. The van der Waals surface area contributed by atoms with E-state index in [1.807, 2.05) is 6.20 Å². The summed E-state index contributed by atoms with van der Waals surface area (Å²) in [5.74, 6) is 8.44. The number of rotatable bonds is 4. The number of hydrazine groups is 1. The van der Waals surface area contributed by atoms with Crippen LogP contribution in [0.1, 0.15) is 37.9 Å². The lowest BCUT2D eigenvalue weighted by molar-refractivity contribution is 0.327. The van der Waals surface area contributed by atoms with Crippen LogP contribution in [0, 0.1) is 17.8 Å². The molecule has 3 atom stereocenters. The molecule has 1 aromatic rings. The van der Waals surface area contributed by atoms with Crippen molar-refractivity contribution < 1.29 is 0 Å². The van der Waals surface area contributed by atoms with Crippen LogP contribution in [0.2, 0.25) is 0 Å². The SMILES string of the molecule is CCn1nccc1C(NN)C1CC2CC2C1. The van der Waals surface area contributed by atoms with Gasteiger partial charge in [-0.2, -0.15) is 5.10 Å². The van der Waals surface area contributed by atoms with Gasteiger partial charge in [0.05, 0.1) is 11.7 Å². The summed E-state index contributed by atoms with van der Waals surface area (Å²) in [5, 5.41) is 4.33. The van der Waals surface area contributed by atoms with E-state index in [4.69, 9.17) is 5.84 Å².